The molecule has 4 rings (SSSR count). The second-order valence-electron chi connectivity index (χ2n) is 6.93. The van der Waals surface area contributed by atoms with Gasteiger partial charge in [0.2, 0.25) is 5.95 Å². The lowest BCUT2D eigenvalue weighted by Gasteiger charge is -2.16. The highest BCUT2D eigenvalue weighted by molar-refractivity contribution is 5.87. The monoisotopic (exact) mass is 351 g/mol. The van der Waals surface area contributed by atoms with Gasteiger partial charge in [-0.2, -0.15) is 15.1 Å². The van der Waals surface area contributed by atoms with Crippen molar-refractivity contribution < 1.29 is 0 Å². The van der Waals surface area contributed by atoms with Gasteiger partial charge in [0.25, 0.3) is 0 Å². The van der Waals surface area contributed by atoms with Gasteiger partial charge in [0.1, 0.15) is 5.82 Å². The van der Waals surface area contributed by atoms with Gasteiger partial charge in [-0.15, -0.1) is 0 Å². The quantitative estimate of drug-likeness (QED) is 0.632. The minimum atomic E-state index is -0.117. The van der Waals surface area contributed by atoms with Crippen molar-refractivity contribution in [3.63, 3.8) is 0 Å². The van der Waals surface area contributed by atoms with Gasteiger partial charge in [-0.25, -0.2) is 0 Å². The highest BCUT2D eigenvalue weighted by atomic mass is 15.3. The van der Waals surface area contributed by atoms with E-state index in [0.717, 1.165) is 22.4 Å². The summed E-state index contributed by atoms with van der Waals surface area (Å²) >= 11 is 0. The molecular weight excluding hydrogens is 326 g/mol. The van der Waals surface area contributed by atoms with Crippen LogP contribution in [0.4, 0.5) is 11.8 Å². The van der Waals surface area contributed by atoms with Crippen LogP contribution in [0.1, 0.15) is 37.3 Å². The maximum absolute atomic E-state index is 6.28. The van der Waals surface area contributed by atoms with Gasteiger partial charge in [0.05, 0.1) is 11.6 Å². The average molecular weight is 351 g/mol. The van der Waals surface area contributed by atoms with E-state index in [2.05, 4.69) is 20.7 Å². The maximum atomic E-state index is 6.28. The lowest BCUT2D eigenvalue weighted by Crippen LogP contribution is -2.22. The Bertz CT molecular complexity index is 868. The number of fused-ring (bicyclic) bond motifs is 1. The van der Waals surface area contributed by atoms with Crippen molar-refractivity contribution in [3.8, 4) is 0 Å². The molecule has 1 aliphatic carbocycles. The molecule has 2 heterocycles. The Morgan fingerprint density at radius 2 is 1.96 bits per heavy atom. The first-order valence-corrected chi connectivity index (χ1v) is 9.21. The van der Waals surface area contributed by atoms with Crippen molar-refractivity contribution in [2.45, 2.75) is 37.8 Å². The fraction of sp³-hybridized carbons (Fsp3) is 0.421. The summed E-state index contributed by atoms with van der Waals surface area (Å²) in [5, 5.41) is 12.2. The van der Waals surface area contributed by atoms with Crippen molar-refractivity contribution in [3.05, 3.63) is 42.1 Å². The third-order valence-corrected chi connectivity index (χ3v) is 5.00. The SMILES string of the molecule is Cn1ncc2c(NC3CCCC3)nc(NC[C@H](N)c3ccccc3)nc21. The molecule has 136 valence electrons. The molecule has 0 aliphatic heterocycles. The lowest BCUT2D eigenvalue weighted by molar-refractivity contribution is 0.746. The molecule has 1 saturated carbocycles. The predicted molar refractivity (Wildman–Crippen MR) is 104 cm³/mol. The molecule has 0 amide bonds. The summed E-state index contributed by atoms with van der Waals surface area (Å²) < 4.78 is 1.78. The van der Waals surface area contributed by atoms with Gasteiger partial charge in [-0.05, 0) is 18.4 Å². The number of nitrogens with one attached hydrogen (secondary N) is 2. The molecule has 1 fully saturated rings. The summed E-state index contributed by atoms with van der Waals surface area (Å²) in [4.78, 5) is 9.32. The highest BCUT2D eigenvalue weighted by Crippen LogP contribution is 2.26. The Labute approximate surface area is 153 Å². The molecule has 0 spiro atoms. The molecule has 1 aromatic carbocycles. The fourth-order valence-corrected chi connectivity index (χ4v) is 3.49. The smallest absolute Gasteiger partial charge is 0.226 e. The zero-order chi connectivity index (χ0) is 17.9. The molecular formula is C19H25N7. The van der Waals surface area contributed by atoms with Crippen LogP contribution < -0.4 is 16.4 Å². The normalized spacial score (nSPS) is 16.1. The van der Waals surface area contributed by atoms with Gasteiger partial charge >= 0.3 is 0 Å². The van der Waals surface area contributed by atoms with Crippen LogP contribution >= 0.6 is 0 Å². The van der Waals surface area contributed by atoms with Crippen LogP contribution in [0.3, 0.4) is 0 Å². The van der Waals surface area contributed by atoms with Crippen LogP contribution in [-0.2, 0) is 7.05 Å². The summed E-state index contributed by atoms with van der Waals surface area (Å²) in [6, 6.07) is 10.4. The molecule has 0 saturated heterocycles. The number of anilines is 2. The van der Waals surface area contributed by atoms with Crippen LogP contribution in [0.25, 0.3) is 11.0 Å². The lowest BCUT2D eigenvalue weighted by atomic mass is 10.1. The Morgan fingerprint density at radius 1 is 1.19 bits per heavy atom. The number of aryl methyl sites for hydroxylation is 1. The van der Waals surface area contributed by atoms with E-state index >= 15 is 0 Å². The van der Waals surface area contributed by atoms with Gasteiger partial charge in [-0.3, -0.25) is 4.68 Å². The van der Waals surface area contributed by atoms with Crippen LogP contribution in [0.5, 0.6) is 0 Å². The minimum absolute atomic E-state index is 0.117. The molecule has 7 heteroatoms. The third kappa shape index (κ3) is 3.48. The van der Waals surface area contributed by atoms with Crippen molar-refractivity contribution >= 4 is 22.8 Å². The number of rotatable bonds is 6. The van der Waals surface area contributed by atoms with E-state index in [1.54, 1.807) is 4.68 Å². The van der Waals surface area contributed by atoms with E-state index in [0.29, 0.717) is 18.5 Å². The Kier molecular flexibility index (Phi) is 4.71. The van der Waals surface area contributed by atoms with Crippen LogP contribution in [0.15, 0.2) is 36.5 Å². The van der Waals surface area contributed by atoms with E-state index in [9.17, 15) is 0 Å². The van der Waals surface area contributed by atoms with Crippen molar-refractivity contribution in [2.24, 2.45) is 12.8 Å². The number of nitrogens with zero attached hydrogens (tertiary/aromatic N) is 4. The van der Waals surface area contributed by atoms with E-state index in [4.69, 9.17) is 10.7 Å². The molecule has 0 unspecified atom stereocenters. The summed E-state index contributed by atoms with van der Waals surface area (Å²) in [5.41, 5.74) is 8.19. The first-order chi connectivity index (χ1) is 12.7. The summed E-state index contributed by atoms with van der Waals surface area (Å²) in [5.74, 6) is 1.43. The molecule has 7 nitrogen and oxygen atoms in total. The Balaban J connectivity index is 1.55. The van der Waals surface area contributed by atoms with Crippen molar-refractivity contribution in [1.82, 2.24) is 19.7 Å². The maximum Gasteiger partial charge on any atom is 0.226 e. The van der Waals surface area contributed by atoms with Gasteiger partial charge < -0.3 is 16.4 Å². The molecule has 0 radical (unpaired) electrons. The number of nitrogens with two attached hydrogens (primary N) is 1. The molecule has 4 N–H and O–H groups in total. The van der Waals surface area contributed by atoms with Gasteiger partial charge in [-0.1, -0.05) is 43.2 Å². The molecule has 2 aromatic heterocycles. The van der Waals surface area contributed by atoms with E-state index in [1.165, 1.54) is 25.7 Å². The van der Waals surface area contributed by atoms with E-state index in [-0.39, 0.29) is 6.04 Å². The molecule has 3 aromatic rings. The third-order valence-electron chi connectivity index (χ3n) is 5.00. The predicted octanol–water partition coefficient (Wildman–Crippen LogP) is 2.83. The summed E-state index contributed by atoms with van der Waals surface area (Å²) in [7, 11) is 1.90. The second-order valence-corrected chi connectivity index (χ2v) is 6.93. The zero-order valence-electron chi connectivity index (χ0n) is 15.0. The topological polar surface area (TPSA) is 93.7 Å². The molecule has 1 aliphatic rings. The summed E-state index contributed by atoms with van der Waals surface area (Å²) in [6.45, 7) is 0.566. The Hall–Kier alpha value is -2.67. The zero-order valence-corrected chi connectivity index (χ0v) is 15.0. The van der Waals surface area contributed by atoms with Crippen molar-refractivity contribution in [2.75, 3.05) is 17.2 Å². The van der Waals surface area contributed by atoms with Crippen LogP contribution in [-0.4, -0.2) is 32.3 Å². The van der Waals surface area contributed by atoms with Crippen molar-refractivity contribution in [1.29, 1.82) is 0 Å². The minimum Gasteiger partial charge on any atom is -0.367 e. The molecule has 1 atom stereocenters. The summed E-state index contributed by atoms with van der Waals surface area (Å²) in [6.07, 6.45) is 6.75. The average Bonchev–Trinajstić information content (AvgIpc) is 3.31. The second kappa shape index (κ2) is 7.29. The fourth-order valence-electron chi connectivity index (χ4n) is 3.49. The number of hydrogen-bond acceptors (Lipinski definition) is 6. The van der Waals surface area contributed by atoms with Gasteiger partial charge in [0.15, 0.2) is 5.65 Å². The first kappa shape index (κ1) is 16.8. The van der Waals surface area contributed by atoms with Gasteiger partial charge in [0, 0.05) is 25.7 Å². The van der Waals surface area contributed by atoms with Crippen LogP contribution in [0, 0.1) is 0 Å². The highest BCUT2D eigenvalue weighted by Gasteiger charge is 2.19. The number of benzene rings is 1. The molecule has 26 heavy (non-hydrogen) atoms. The number of aromatic nitrogens is 4. The largest absolute Gasteiger partial charge is 0.367 e. The van der Waals surface area contributed by atoms with E-state index < -0.39 is 0 Å². The first-order valence-electron chi connectivity index (χ1n) is 9.21. The standard InChI is InChI=1S/C19H25N7/c1-26-18-15(11-22-26)17(23-14-9-5-6-10-14)24-19(25-18)21-12-16(20)13-7-3-2-4-8-13/h2-4,7-8,11,14,16H,5-6,9-10,12,20H2,1H3,(H2,21,23,24,25)/t16-/m0/s1. The van der Waals surface area contributed by atoms with Crippen LogP contribution in [0.2, 0.25) is 0 Å². The number of hydrogen-bond donors (Lipinski definition) is 3. The Morgan fingerprint density at radius 3 is 2.73 bits per heavy atom. The van der Waals surface area contributed by atoms with E-state index in [1.807, 2.05) is 43.6 Å². The molecule has 0 bridgehead atoms.